The van der Waals surface area contributed by atoms with Crippen molar-refractivity contribution < 1.29 is 13.9 Å². The van der Waals surface area contributed by atoms with Gasteiger partial charge < -0.3 is 14.5 Å². The van der Waals surface area contributed by atoms with Gasteiger partial charge in [0.25, 0.3) is 5.91 Å². The second-order valence-electron chi connectivity index (χ2n) is 9.46. The summed E-state index contributed by atoms with van der Waals surface area (Å²) in [5, 5.41) is 6.26. The van der Waals surface area contributed by atoms with Gasteiger partial charge >= 0.3 is 0 Å². The molecule has 0 saturated heterocycles. The molecule has 0 aliphatic rings. The minimum Gasteiger partial charge on any atom is -0.489 e. The van der Waals surface area contributed by atoms with Gasteiger partial charge in [-0.1, -0.05) is 61.8 Å². The van der Waals surface area contributed by atoms with E-state index in [2.05, 4.69) is 41.6 Å². The van der Waals surface area contributed by atoms with Gasteiger partial charge in [-0.2, -0.15) is 0 Å². The molecule has 0 radical (unpaired) electrons. The second-order valence-corrected chi connectivity index (χ2v) is 10.3. The maximum atomic E-state index is 12.8. The van der Waals surface area contributed by atoms with Gasteiger partial charge in [0.05, 0.1) is 10.7 Å². The lowest BCUT2D eigenvalue weighted by atomic mass is 9.98. The van der Waals surface area contributed by atoms with E-state index in [9.17, 15) is 4.79 Å². The number of carbonyl (C=O) groups is 1. The van der Waals surface area contributed by atoms with Crippen molar-refractivity contribution in [1.29, 1.82) is 0 Å². The molecule has 5 rings (SSSR count). The summed E-state index contributed by atoms with van der Waals surface area (Å²) in [5.41, 5.74) is 5.51. The van der Waals surface area contributed by atoms with Crippen LogP contribution in [0.3, 0.4) is 0 Å². The summed E-state index contributed by atoms with van der Waals surface area (Å²) < 4.78 is 11.8. The monoisotopic (exact) mass is 569 g/mol. The quantitative estimate of drug-likeness (QED) is 0.183. The Bertz CT molecular complexity index is 1650. The van der Waals surface area contributed by atoms with Crippen molar-refractivity contribution >= 4 is 51.6 Å². The zero-order valence-corrected chi connectivity index (χ0v) is 23.7. The molecule has 4 aromatic carbocycles. The van der Waals surface area contributed by atoms with E-state index >= 15 is 0 Å². The van der Waals surface area contributed by atoms with E-state index in [1.165, 1.54) is 5.56 Å². The van der Waals surface area contributed by atoms with Crippen molar-refractivity contribution in [3.05, 3.63) is 113 Å². The van der Waals surface area contributed by atoms with Gasteiger partial charge in [-0.3, -0.25) is 10.1 Å². The van der Waals surface area contributed by atoms with Crippen molar-refractivity contribution in [3.63, 3.8) is 0 Å². The van der Waals surface area contributed by atoms with E-state index in [1.807, 2.05) is 42.5 Å². The van der Waals surface area contributed by atoms with Crippen molar-refractivity contribution in [2.75, 3.05) is 5.32 Å². The van der Waals surface area contributed by atoms with Gasteiger partial charge in [-0.25, -0.2) is 4.98 Å². The number of oxazole rings is 1. The summed E-state index contributed by atoms with van der Waals surface area (Å²) in [6, 6.07) is 28.2. The largest absolute Gasteiger partial charge is 0.489 e. The molecule has 1 aromatic heterocycles. The standard InChI is InChI=1S/C32H28ClN3O3S/c1-3-20(2)23-12-16-29-28(17-23)34-31(39-29)24-11-15-26(33)27(18-24)35-32(40)36-30(37)22-9-13-25(14-10-22)38-19-21-7-5-4-6-8-21/h4-18,20H,3,19H2,1-2H3,(H2,35,36,37,40)/t20-/m0/s1. The highest BCUT2D eigenvalue weighted by atomic mass is 35.5. The number of ether oxygens (including phenoxy) is 1. The van der Waals surface area contributed by atoms with Gasteiger partial charge in [0.15, 0.2) is 10.7 Å². The van der Waals surface area contributed by atoms with E-state index < -0.39 is 0 Å². The Morgan fingerprint density at radius 1 is 1.02 bits per heavy atom. The Balaban J connectivity index is 1.23. The smallest absolute Gasteiger partial charge is 0.257 e. The molecule has 6 nitrogen and oxygen atoms in total. The van der Waals surface area contributed by atoms with E-state index in [0.717, 1.165) is 23.1 Å². The number of rotatable bonds is 8. The molecule has 5 aromatic rings. The van der Waals surface area contributed by atoms with Crippen LogP contribution in [-0.4, -0.2) is 16.0 Å². The minimum atomic E-state index is -0.351. The predicted octanol–water partition coefficient (Wildman–Crippen LogP) is 8.37. The third-order valence-corrected chi connectivity index (χ3v) is 7.18. The molecule has 2 N–H and O–H groups in total. The van der Waals surface area contributed by atoms with Crippen LogP contribution in [0.25, 0.3) is 22.6 Å². The van der Waals surface area contributed by atoms with E-state index in [-0.39, 0.29) is 11.0 Å². The molecular weight excluding hydrogens is 542 g/mol. The SMILES string of the molecule is CC[C@H](C)c1ccc2oc(-c3ccc(Cl)c(NC(=S)NC(=O)c4ccc(OCc5ccccc5)cc4)c3)nc2c1. The highest BCUT2D eigenvalue weighted by molar-refractivity contribution is 7.80. The first-order valence-electron chi connectivity index (χ1n) is 13.0. The van der Waals surface area contributed by atoms with Crippen LogP contribution in [-0.2, 0) is 6.61 Å². The minimum absolute atomic E-state index is 0.115. The number of anilines is 1. The lowest BCUT2D eigenvalue weighted by Gasteiger charge is -2.12. The number of hydrogen-bond acceptors (Lipinski definition) is 5. The topological polar surface area (TPSA) is 76.4 Å². The van der Waals surface area contributed by atoms with Crippen molar-refractivity contribution in [1.82, 2.24) is 10.3 Å². The molecule has 1 amide bonds. The zero-order chi connectivity index (χ0) is 28.1. The molecule has 1 heterocycles. The molecule has 40 heavy (non-hydrogen) atoms. The third kappa shape index (κ3) is 6.50. The number of thiocarbonyl (C=S) groups is 1. The highest BCUT2D eigenvalue weighted by Crippen LogP contribution is 2.32. The molecule has 202 valence electrons. The maximum absolute atomic E-state index is 12.8. The normalized spacial score (nSPS) is 11.7. The molecule has 0 aliphatic heterocycles. The fraction of sp³-hybridized carbons (Fsp3) is 0.156. The van der Waals surface area contributed by atoms with Crippen LogP contribution < -0.4 is 15.4 Å². The fourth-order valence-electron chi connectivity index (χ4n) is 4.14. The van der Waals surface area contributed by atoms with Gasteiger partial charge in [-0.15, -0.1) is 0 Å². The van der Waals surface area contributed by atoms with Crippen LogP contribution in [0.2, 0.25) is 5.02 Å². The number of amides is 1. The lowest BCUT2D eigenvalue weighted by molar-refractivity contribution is 0.0977. The molecule has 1 atom stereocenters. The molecule has 0 fully saturated rings. The highest BCUT2D eigenvalue weighted by Gasteiger charge is 2.14. The number of hydrogen-bond donors (Lipinski definition) is 2. The molecule has 0 spiro atoms. The number of fused-ring (bicyclic) bond motifs is 1. The zero-order valence-electron chi connectivity index (χ0n) is 22.1. The molecular formula is C32H28ClN3O3S. The van der Waals surface area contributed by atoms with Crippen molar-refractivity contribution in [2.45, 2.75) is 32.8 Å². The predicted molar refractivity (Wildman–Crippen MR) is 164 cm³/mol. The summed E-state index contributed by atoms with van der Waals surface area (Å²) >= 11 is 11.8. The molecule has 0 bridgehead atoms. The van der Waals surface area contributed by atoms with Crippen LogP contribution >= 0.6 is 23.8 Å². The molecule has 0 saturated carbocycles. The second kappa shape index (κ2) is 12.3. The first-order valence-corrected chi connectivity index (χ1v) is 13.8. The van der Waals surface area contributed by atoms with Crippen molar-refractivity contribution in [2.24, 2.45) is 0 Å². The number of nitrogens with one attached hydrogen (secondary N) is 2. The number of benzene rings is 4. The first kappa shape index (κ1) is 27.4. The Morgan fingerprint density at radius 2 is 1.80 bits per heavy atom. The van der Waals surface area contributed by atoms with Gasteiger partial charge in [0.2, 0.25) is 5.89 Å². The molecule has 0 aliphatic carbocycles. The van der Waals surface area contributed by atoms with Gasteiger partial charge in [0, 0.05) is 11.1 Å². The lowest BCUT2D eigenvalue weighted by Crippen LogP contribution is -2.34. The number of aromatic nitrogens is 1. The van der Waals surface area contributed by atoms with Crippen LogP contribution in [0.5, 0.6) is 5.75 Å². The Kier molecular flexibility index (Phi) is 8.43. The average Bonchev–Trinajstić information content (AvgIpc) is 3.41. The molecule has 0 unspecified atom stereocenters. The maximum Gasteiger partial charge on any atom is 0.257 e. The van der Waals surface area contributed by atoms with E-state index in [1.54, 1.807) is 36.4 Å². The Labute approximate surface area is 243 Å². The van der Waals surface area contributed by atoms with Gasteiger partial charge in [0.1, 0.15) is 17.9 Å². The number of halogens is 1. The summed E-state index contributed by atoms with van der Waals surface area (Å²) in [5.74, 6) is 1.23. The summed E-state index contributed by atoms with van der Waals surface area (Å²) in [7, 11) is 0. The van der Waals surface area contributed by atoms with E-state index in [4.69, 9.17) is 33.0 Å². The Hall–Kier alpha value is -4.20. The van der Waals surface area contributed by atoms with Crippen LogP contribution in [0, 0.1) is 0 Å². The summed E-state index contributed by atoms with van der Waals surface area (Å²) in [6.45, 7) is 4.80. The van der Waals surface area contributed by atoms with E-state index in [0.29, 0.717) is 46.0 Å². The Morgan fingerprint density at radius 3 is 2.55 bits per heavy atom. The van der Waals surface area contributed by atoms with Crippen LogP contribution in [0.1, 0.15) is 47.7 Å². The van der Waals surface area contributed by atoms with Gasteiger partial charge in [-0.05, 0) is 90.3 Å². The molecule has 8 heteroatoms. The summed E-state index contributed by atoms with van der Waals surface area (Å²) in [6.07, 6.45) is 1.05. The number of nitrogens with zero attached hydrogens (tertiary/aromatic N) is 1. The van der Waals surface area contributed by atoms with Crippen LogP contribution in [0.4, 0.5) is 5.69 Å². The fourth-order valence-corrected chi connectivity index (χ4v) is 4.50. The van der Waals surface area contributed by atoms with Crippen LogP contribution in [0.15, 0.2) is 95.4 Å². The third-order valence-electron chi connectivity index (χ3n) is 6.65. The number of carbonyl (C=O) groups excluding carboxylic acids is 1. The first-order chi connectivity index (χ1) is 19.4. The van der Waals surface area contributed by atoms with Crippen molar-refractivity contribution in [3.8, 4) is 17.2 Å². The average molecular weight is 570 g/mol. The summed E-state index contributed by atoms with van der Waals surface area (Å²) in [4.78, 5) is 17.5.